The van der Waals surface area contributed by atoms with Crippen LogP contribution in [0.15, 0.2) is 43.0 Å². The maximum Gasteiger partial charge on any atom is 0.407 e. The van der Waals surface area contributed by atoms with Gasteiger partial charge in [0.1, 0.15) is 17.5 Å². The van der Waals surface area contributed by atoms with E-state index in [1.165, 1.54) is 17.2 Å². The van der Waals surface area contributed by atoms with Crippen LogP contribution in [-0.4, -0.2) is 48.9 Å². The molecule has 4 heterocycles. The molecule has 1 fully saturated rings. The number of aromatic nitrogens is 4. The summed E-state index contributed by atoms with van der Waals surface area (Å²) in [5.74, 6) is -1.40. The first-order chi connectivity index (χ1) is 16.3. The van der Waals surface area contributed by atoms with Gasteiger partial charge in [-0.25, -0.2) is 18.6 Å². The summed E-state index contributed by atoms with van der Waals surface area (Å²) in [6, 6.07) is 4.10. The largest absolute Gasteiger partial charge is 0.465 e. The Morgan fingerprint density at radius 3 is 2.53 bits per heavy atom. The van der Waals surface area contributed by atoms with Crippen LogP contribution in [0.5, 0.6) is 0 Å². The van der Waals surface area contributed by atoms with Gasteiger partial charge in [-0.3, -0.25) is 9.67 Å². The lowest BCUT2D eigenvalue weighted by molar-refractivity contribution is 0.124. The number of halogens is 3. The van der Waals surface area contributed by atoms with Crippen LogP contribution in [-0.2, 0) is 0 Å². The van der Waals surface area contributed by atoms with E-state index in [2.05, 4.69) is 15.1 Å². The Morgan fingerprint density at radius 1 is 1.03 bits per heavy atom. The van der Waals surface area contributed by atoms with Crippen LogP contribution in [0.2, 0.25) is 5.02 Å². The second-order valence-corrected chi connectivity index (χ2v) is 8.51. The van der Waals surface area contributed by atoms with E-state index in [-0.39, 0.29) is 27.7 Å². The van der Waals surface area contributed by atoms with E-state index >= 15 is 0 Å². The molecule has 3 aromatic heterocycles. The van der Waals surface area contributed by atoms with Crippen molar-refractivity contribution >= 4 is 34.3 Å². The van der Waals surface area contributed by atoms with Crippen LogP contribution >= 0.6 is 11.6 Å². The van der Waals surface area contributed by atoms with E-state index in [0.717, 1.165) is 17.2 Å². The van der Waals surface area contributed by atoms with E-state index in [9.17, 15) is 13.6 Å². The molecule has 0 atom stereocenters. The van der Waals surface area contributed by atoms with Gasteiger partial charge in [-0.2, -0.15) is 5.10 Å². The molecule has 5 rings (SSSR count). The van der Waals surface area contributed by atoms with Crippen molar-refractivity contribution in [3.63, 3.8) is 0 Å². The van der Waals surface area contributed by atoms with Gasteiger partial charge in [-0.05, 0) is 25.0 Å². The van der Waals surface area contributed by atoms with E-state index < -0.39 is 17.7 Å². The molecule has 3 N–H and O–H groups in total. The Balaban J connectivity index is 1.46. The minimum Gasteiger partial charge on any atom is -0.465 e. The van der Waals surface area contributed by atoms with Gasteiger partial charge in [0.15, 0.2) is 0 Å². The van der Waals surface area contributed by atoms with Crippen molar-refractivity contribution in [2.45, 2.75) is 18.9 Å². The number of carbonyl (C=O) groups is 1. The van der Waals surface area contributed by atoms with Crippen LogP contribution in [0.3, 0.4) is 0 Å². The molecular weight excluding hydrogens is 466 g/mol. The maximum atomic E-state index is 14.1. The van der Waals surface area contributed by atoms with Crippen LogP contribution in [0.25, 0.3) is 33.2 Å². The van der Waals surface area contributed by atoms with Crippen molar-refractivity contribution in [1.29, 1.82) is 0 Å². The fraction of sp³-hybridized carbons (Fsp3) is 0.217. The lowest BCUT2D eigenvalue weighted by Gasteiger charge is -2.30. The van der Waals surface area contributed by atoms with Crippen molar-refractivity contribution in [3.8, 4) is 22.4 Å². The van der Waals surface area contributed by atoms with Gasteiger partial charge in [-0.1, -0.05) is 11.6 Å². The van der Waals surface area contributed by atoms with Gasteiger partial charge in [0.2, 0.25) is 0 Å². The number of amides is 1. The third kappa shape index (κ3) is 3.90. The molecule has 1 aliphatic heterocycles. The number of nitrogen functional groups attached to an aromatic ring is 1. The highest BCUT2D eigenvalue weighted by molar-refractivity contribution is 6.35. The van der Waals surface area contributed by atoms with Crippen molar-refractivity contribution in [2.75, 3.05) is 18.8 Å². The van der Waals surface area contributed by atoms with Crippen LogP contribution in [0.1, 0.15) is 18.9 Å². The number of piperidine rings is 1. The Morgan fingerprint density at radius 2 is 1.79 bits per heavy atom. The Hall–Kier alpha value is -3.79. The molecule has 4 aromatic rings. The van der Waals surface area contributed by atoms with Crippen molar-refractivity contribution in [1.82, 2.24) is 24.6 Å². The second-order valence-electron chi connectivity index (χ2n) is 8.14. The number of benzene rings is 1. The average Bonchev–Trinajstić information content (AvgIpc) is 3.33. The van der Waals surface area contributed by atoms with E-state index in [1.807, 2.05) is 10.9 Å². The number of anilines is 1. The van der Waals surface area contributed by atoms with Crippen molar-refractivity contribution in [3.05, 3.63) is 59.6 Å². The smallest absolute Gasteiger partial charge is 0.407 e. The number of hydrogen-bond donors (Lipinski definition) is 2. The van der Waals surface area contributed by atoms with Gasteiger partial charge < -0.3 is 15.7 Å². The number of hydrogen-bond acceptors (Lipinski definition) is 5. The topological polar surface area (TPSA) is 110 Å². The molecule has 11 heteroatoms. The first kappa shape index (κ1) is 22.0. The Kier molecular flexibility index (Phi) is 5.52. The zero-order valence-electron chi connectivity index (χ0n) is 17.8. The van der Waals surface area contributed by atoms with Gasteiger partial charge >= 0.3 is 6.09 Å². The normalized spacial score (nSPS) is 14.6. The van der Waals surface area contributed by atoms with Gasteiger partial charge in [0.05, 0.1) is 23.0 Å². The molecule has 0 spiro atoms. The highest BCUT2D eigenvalue weighted by Crippen LogP contribution is 2.34. The predicted molar refractivity (Wildman–Crippen MR) is 123 cm³/mol. The minimum absolute atomic E-state index is 0.0969. The van der Waals surface area contributed by atoms with E-state index in [0.29, 0.717) is 37.2 Å². The van der Waals surface area contributed by atoms with Crippen LogP contribution < -0.4 is 5.73 Å². The van der Waals surface area contributed by atoms with E-state index in [1.54, 1.807) is 18.5 Å². The molecule has 174 valence electrons. The molecule has 0 aliphatic carbocycles. The number of pyridine rings is 2. The summed E-state index contributed by atoms with van der Waals surface area (Å²) < 4.78 is 29.9. The minimum atomic E-state index is -0.908. The molecule has 1 amide bonds. The molecule has 0 unspecified atom stereocenters. The molecule has 0 saturated carbocycles. The first-order valence-electron chi connectivity index (χ1n) is 10.5. The highest BCUT2D eigenvalue weighted by atomic mass is 35.5. The zero-order chi connectivity index (χ0) is 24.0. The second kappa shape index (κ2) is 8.53. The predicted octanol–water partition coefficient (Wildman–Crippen LogP) is 4.99. The number of fused-ring (bicyclic) bond motifs is 1. The van der Waals surface area contributed by atoms with Gasteiger partial charge in [0, 0.05) is 65.2 Å². The van der Waals surface area contributed by atoms with Crippen LogP contribution in [0.4, 0.5) is 19.4 Å². The average molecular weight is 485 g/mol. The lowest BCUT2D eigenvalue weighted by atomic mass is 10.0. The number of carboxylic acid groups (broad SMARTS) is 1. The molecule has 0 bridgehead atoms. The Bertz CT molecular complexity index is 1420. The highest BCUT2D eigenvalue weighted by Gasteiger charge is 2.24. The molecule has 34 heavy (non-hydrogen) atoms. The summed E-state index contributed by atoms with van der Waals surface area (Å²) in [4.78, 5) is 21.1. The van der Waals surface area contributed by atoms with Gasteiger partial charge in [0.25, 0.3) is 0 Å². The monoisotopic (exact) mass is 484 g/mol. The summed E-state index contributed by atoms with van der Waals surface area (Å²) in [5.41, 5.74) is 8.49. The zero-order valence-corrected chi connectivity index (χ0v) is 18.5. The standard InChI is InChI=1S/C23H19ClF2N6O2/c24-21-15-6-20(28-10-17(15)18(25)7-19(21)26)16-5-12(8-29-22(16)27)13-9-30-32(11-13)14-1-3-31(4-2-14)23(33)34/h5-11,14H,1-4H2,(H2,27,29)(H,33,34). The Labute approximate surface area is 197 Å². The lowest BCUT2D eigenvalue weighted by Crippen LogP contribution is -2.38. The fourth-order valence-corrected chi connectivity index (χ4v) is 4.41. The molecule has 1 aromatic carbocycles. The van der Waals surface area contributed by atoms with Crippen molar-refractivity contribution < 1.29 is 18.7 Å². The number of rotatable bonds is 3. The SMILES string of the molecule is Nc1ncc(-c2cnn(C3CCN(C(=O)O)CC3)c2)cc1-c1cc2c(Cl)c(F)cc(F)c2cn1. The quantitative estimate of drug-likeness (QED) is 0.396. The molecule has 1 saturated heterocycles. The molecule has 8 nitrogen and oxygen atoms in total. The molecule has 1 aliphatic rings. The summed E-state index contributed by atoms with van der Waals surface area (Å²) >= 11 is 6.06. The molecule has 0 radical (unpaired) electrons. The summed E-state index contributed by atoms with van der Waals surface area (Å²) in [5, 5.41) is 13.7. The summed E-state index contributed by atoms with van der Waals surface area (Å²) in [6.45, 7) is 0.917. The third-order valence-electron chi connectivity index (χ3n) is 6.10. The molecular formula is C23H19ClF2N6O2. The van der Waals surface area contributed by atoms with E-state index in [4.69, 9.17) is 22.4 Å². The summed E-state index contributed by atoms with van der Waals surface area (Å²) in [6.07, 6.45) is 6.93. The number of nitrogens with two attached hydrogens (primary N) is 1. The maximum absolute atomic E-state index is 14.1. The van der Waals surface area contributed by atoms with Crippen molar-refractivity contribution in [2.24, 2.45) is 0 Å². The van der Waals surface area contributed by atoms with Crippen LogP contribution in [0, 0.1) is 11.6 Å². The first-order valence-corrected chi connectivity index (χ1v) is 10.9. The third-order valence-corrected chi connectivity index (χ3v) is 6.48. The summed E-state index contributed by atoms with van der Waals surface area (Å²) in [7, 11) is 0. The number of likely N-dealkylation sites (tertiary alicyclic amines) is 1. The fourth-order valence-electron chi connectivity index (χ4n) is 4.20. The number of nitrogens with zero attached hydrogens (tertiary/aromatic N) is 5. The van der Waals surface area contributed by atoms with Gasteiger partial charge in [-0.15, -0.1) is 0 Å².